The number of nitrogens with one attached hydrogen (secondary N) is 1. The number of halogens is 1. The maximum Gasteiger partial charge on any atom is 0.189 e. The molecule has 16 heavy (non-hydrogen) atoms. The lowest BCUT2D eigenvalue weighted by molar-refractivity contribution is 0.429. The van der Waals surface area contributed by atoms with Crippen molar-refractivity contribution in [1.29, 1.82) is 0 Å². The SMILES string of the molecule is Cc1cnc(SC[C@@H]2CCCCN2)nc1Cl. The monoisotopic (exact) mass is 257 g/mol. The van der Waals surface area contributed by atoms with E-state index in [9.17, 15) is 0 Å². The zero-order chi connectivity index (χ0) is 11.4. The second-order valence-electron chi connectivity index (χ2n) is 4.08. The molecular formula is C11H16ClN3S. The van der Waals surface area contributed by atoms with E-state index in [1.165, 1.54) is 19.3 Å². The second-order valence-corrected chi connectivity index (χ2v) is 5.43. The van der Waals surface area contributed by atoms with Gasteiger partial charge in [-0.2, -0.15) is 0 Å². The molecule has 3 nitrogen and oxygen atoms in total. The normalized spacial score (nSPS) is 21.0. The van der Waals surface area contributed by atoms with E-state index in [2.05, 4.69) is 15.3 Å². The third-order valence-electron chi connectivity index (χ3n) is 2.71. The standard InChI is InChI=1S/C11H16ClN3S/c1-8-6-14-11(15-10(8)12)16-7-9-4-2-3-5-13-9/h6,9,13H,2-5,7H2,1H3/t9-/m0/s1. The van der Waals surface area contributed by atoms with Crippen molar-refractivity contribution in [2.45, 2.75) is 37.4 Å². The minimum absolute atomic E-state index is 0.564. The van der Waals surface area contributed by atoms with Gasteiger partial charge in [-0.1, -0.05) is 29.8 Å². The highest BCUT2D eigenvalue weighted by atomic mass is 35.5. The fourth-order valence-electron chi connectivity index (χ4n) is 1.72. The van der Waals surface area contributed by atoms with Crippen LogP contribution in [0, 0.1) is 6.92 Å². The Bertz CT molecular complexity index is 353. The third kappa shape index (κ3) is 3.34. The minimum atomic E-state index is 0.564. The van der Waals surface area contributed by atoms with Crippen LogP contribution in [0.25, 0.3) is 0 Å². The molecule has 2 heterocycles. The van der Waals surface area contributed by atoms with Gasteiger partial charge in [0.05, 0.1) is 0 Å². The predicted octanol–water partition coefficient (Wildman–Crippen LogP) is 2.67. The van der Waals surface area contributed by atoms with Crippen molar-refractivity contribution >= 4 is 23.4 Å². The lowest BCUT2D eigenvalue weighted by atomic mass is 10.1. The molecule has 0 radical (unpaired) electrons. The average molecular weight is 258 g/mol. The van der Waals surface area contributed by atoms with E-state index in [1.807, 2.05) is 6.92 Å². The summed E-state index contributed by atoms with van der Waals surface area (Å²) in [5.41, 5.74) is 0.932. The van der Waals surface area contributed by atoms with Gasteiger partial charge in [0.1, 0.15) is 5.15 Å². The first-order chi connectivity index (χ1) is 7.75. The van der Waals surface area contributed by atoms with Gasteiger partial charge in [0, 0.05) is 23.6 Å². The van der Waals surface area contributed by atoms with Gasteiger partial charge in [-0.15, -0.1) is 0 Å². The van der Waals surface area contributed by atoms with Gasteiger partial charge in [0.25, 0.3) is 0 Å². The van der Waals surface area contributed by atoms with Crippen LogP contribution in [-0.4, -0.2) is 28.3 Å². The molecule has 0 unspecified atom stereocenters. The van der Waals surface area contributed by atoms with Crippen molar-refractivity contribution in [3.05, 3.63) is 16.9 Å². The number of aromatic nitrogens is 2. The highest BCUT2D eigenvalue weighted by Gasteiger charge is 2.13. The molecule has 1 atom stereocenters. The quantitative estimate of drug-likeness (QED) is 0.513. The summed E-state index contributed by atoms with van der Waals surface area (Å²) in [6.07, 6.45) is 5.67. The van der Waals surface area contributed by atoms with Gasteiger partial charge in [0.2, 0.25) is 0 Å². The van der Waals surface area contributed by atoms with Gasteiger partial charge < -0.3 is 5.32 Å². The largest absolute Gasteiger partial charge is 0.313 e. The summed E-state index contributed by atoms with van der Waals surface area (Å²) in [6, 6.07) is 0.599. The maximum absolute atomic E-state index is 5.96. The van der Waals surface area contributed by atoms with Crippen molar-refractivity contribution < 1.29 is 0 Å². The fraction of sp³-hybridized carbons (Fsp3) is 0.636. The predicted molar refractivity (Wildman–Crippen MR) is 68.1 cm³/mol. The number of hydrogen-bond donors (Lipinski definition) is 1. The van der Waals surface area contributed by atoms with Crippen molar-refractivity contribution in [2.75, 3.05) is 12.3 Å². The van der Waals surface area contributed by atoms with E-state index in [1.54, 1.807) is 18.0 Å². The highest BCUT2D eigenvalue weighted by Crippen LogP contribution is 2.20. The Morgan fingerprint density at radius 1 is 1.56 bits per heavy atom. The van der Waals surface area contributed by atoms with E-state index >= 15 is 0 Å². The lowest BCUT2D eigenvalue weighted by Crippen LogP contribution is -2.35. The molecule has 1 aromatic rings. The van der Waals surface area contributed by atoms with Crippen LogP contribution in [0.3, 0.4) is 0 Å². The van der Waals surface area contributed by atoms with Gasteiger partial charge in [-0.3, -0.25) is 0 Å². The molecule has 1 aliphatic rings. The second kappa shape index (κ2) is 5.84. The smallest absolute Gasteiger partial charge is 0.189 e. The molecule has 1 N–H and O–H groups in total. The molecule has 1 fully saturated rings. The van der Waals surface area contributed by atoms with E-state index < -0.39 is 0 Å². The summed E-state index contributed by atoms with van der Waals surface area (Å²) in [6.45, 7) is 3.06. The number of nitrogens with zero attached hydrogens (tertiary/aromatic N) is 2. The first kappa shape index (κ1) is 12.1. The van der Waals surface area contributed by atoms with Crippen LogP contribution in [0.5, 0.6) is 0 Å². The molecule has 0 aliphatic carbocycles. The van der Waals surface area contributed by atoms with Gasteiger partial charge in [-0.05, 0) is 26.3 Å². The van der Waals surface area contributed by atoms with Crippen LogP contribution in [0.4, 0.5) is 0 Å². The van der Waals surface area contributed by atoms with Gasteiger partial charge in [-0.25, -0.2) is 9.97 Å². The van der Waals surface area contributed by atoms with Crippen LogP contribution in [0.2, 0.25) is 5.15 Å². The molecule has 0 bridgehead atoms. The first-order valence-electron chi connectivity index (χ1n) is 5.61. The Balaban J connectivity index is 1.86. The molecule has 0 amide bonds. The van der Waals surface area contributed by atoms with Crippen molar-refractivity contribution in [3.8, 4) is 0 Å². The molecule has 0 spiro atoms. The summed E-state index contributed by atoms with van der Waals surface area (Å²) in [5, 5.41) is 4.85. The summed E-state index contributed by atoms with van der Waals surface area (Å²) in [5.74, 6) is 1.03. The number of piperidine rings is 1. The van der Waals surface area contributed by atoms with Crippen LogP contribution in [0.1, 0.15) is 24.8 Å². The summed E-state index contributed by atoms with van der Waals surface area (Å²) < 4.78 is 0. The number of aryl methyl sites for hydroxylation is 1. The Labute approximate surface area is 105 Å². The molecule has 0 aromatic carbocycles. The molecule has 1 aromatic heterocycles. The van der Waals surface area contributed by atoms with Crippen LogP contribution >= 0.6 is 23.4 Å². The van der Waals surface area contributed by atoms with Gasteiger partial charge in [0.15, 0.2) is 5.16 Å². The molecule has 2 rings (SSSR count). The number of rotatable bonds is 3. The molecule has 0 saturated carbocycles. The van der Waals surface area contributed by atoms with Crippen molar-refractivity contribution in [3.63, 3.8) is 0 Å². The molecule has 1 saturated heterocycles. The van der Waals surface area contributed by atoms with Crippen LogP contribution in [-0.2, 0) is 0 Å². The Kier molecular flexibility index (Phi) is 4.44. The Hall–Kier alpha value is -0.320. The van der Waals surface area contributed by atoms with Crippen LogP contribution in [0.15, 0.2) is 11.4 Å². The molecule has 1 aliphatic heterocycles. The first-order valence-corrected chi connectivity index (χ1v) is 6.97. The van der Waals surface area contributed by atoms with Gasteiger partial charge >= 0.3 is 0 Å². The fourth-order valence-corrected chi connectivity index (χ4v) is 2.81. The molecule has 5 heteroatoms. The number of thioether (sulfide) groups is 1. The minimum Gasteiger partial charge on any atom is -0.313 e. The third-order valence-corrected chi connectivity index (χ3v) is 4.12. The Morgan fingerprint density at radius 3 is 3.12 bits per heavy atom. The summed E-state index contributed by atoms with van der Waals surface area (Å²) in [7, 11) is 0. The number of hydrogen-bond acceptors (Lipinski definition) is 4. The van der Waals surface area contributed by atoms with E-state index in [0.717, 1.165) is 23.0 Å². The van der Waals surface area contributed by atoms with E-state index in [0.29, 0.717) is 11.2 Å². The lowest BCUT2D eigenvalue weighted by Gasteiger charge is -2.22. The molecule has 88 valence electrons. The molecular weight excluding hydrogens is 242 g/mol. The average Bonchev–Trinajstić information content (AvgIpc) is 2.32. The zero-order valence-electron chi connectivity index (χ0n) is 9.37. The van der Waals surface area contributed by atoms with E-state index in [4.69, 9.17) is 11.6 Å². The van der Waals surface area contributed by atoms with E-state index in [-0.39, 0.29) is 0 Å². The highest BCUT2D eigenvalue weighted by molar-refractivity contribution is 7.99. The summed E-state index contributed by atoms with van der Waals surface area (Å²) in [4.78, 5) is 8.51. The van der Waals surface area contributed by atoms with Crippen molar-refractivity contribution in [2.24, 2.45) is 0 Å². The Morgan fingerprint density at radius 2 is 2.44 bits per heavy atom. The zero-order valence-corrected chi connectivity index (χ0v) is 10.9. The topological polar surface area (TPSA) is 37.8 Å². The van der Waals surface area contributed by atoms with Crippen LogP contribution < -0.4 is 5.32 Å². The maximum atomic E-state index is 5.96. The van der Waals surface area contributed by atoms with Crippen molar-refractivity contribution in [1.82, 2.24) is 15.3 Å². The summed E-state index contributed by atoms with van der Waals surface area (Å²) >= 11 is 7.64.